The molecule has 1 aliphatic heterocycles. The van der Waals surface area contributed by atoms with E-state index in [1.807, 2.05) is 42.5 Å². The van der Waals surface area contributed by atoms with Crippen molar-refractivity contribution in [3.63, 3.8) is 0 Å². The SMILES string of the molecule is Brc1ccccc1OCc1ccc2c(c1)OCCO2. The van der Waals surface area contributed by atoms with E-state index < -0.39 is 0 Å². The Hall–Kier alpha value is -1.68. The van der Waals surface area contributed by atoms with Gasteiger partial charge in [0, 0.05) is 0 Å². The Morgan fingerprint density at radius 3 is 2.63 bits per heavy atom. The Kier molecular flexibility index (Phi) is 3.60. The van der Waals surface area contributed by atoms with Crippen molar-refractivity contribution >= 4 is 15.9 Å². The van der Waals surface area contributed by atoms with E-state index in [1.54, 1.807) is 0 Å². The molecule has 3 rings (SSSR count). The van der Waals surface area contributed by atoms with Gasteiger partial charge in [-0.1, -0.05) is 18.2 Å². The second-order valence-electron chi connectivity index (χ2n) is 4.20. The zero-order valence-electron chi connectivity index (χ0n) is 10.3. The third-order valence-electron chi connectivity index (χ3n) is 2.84. The number of ether oxygens (including phenoxy) is 3. The maximum Gasteiger partial charge on any atom is 0.161 e. The summed E-state index contributed by atoms with van der Waals surface area (Å²) in [7, 11) is 0. The fraction of sp³-hybridized carbons (Fsp3) is 0.200. The van der Waals surface area contributed by atoms with Crippen LogP contribution in [0.5, 0.6) is 17.2 Å². The van der Waals surface area contributed by atoms with Gasteiger partial charge in [0.05, 0.1) is 4.47 Å². The first kappa shape index (κ1) is 12.4. The Morgan fingerprint density at radius 1 is 1.00 bits per heavy atom. The highest BCUT2D eigenvalue weighted by Gasteiger charge is 2.11. The van der Waals surface area contributed by atoms with E-state index in [2.05, 4.69) is 15.9 Å². The molecule has 19 heavy (non-hydrogen) atoms. The van der Waals surface area contributed by atoms with Crippen molar-refractivity contribution < 1.29 is 14.2 Å². The minimum Gasteiger partial charge on any atom is -0.488 e. The fourth-order valence-electron chi connectivity index (χ4n) is 1.90. The molecule has 0 N–H and O–H groups in total. The van der Waals surface area contributed by atoms with Gasteiger partial charge in [-0.25, -0.2) is 0 Å². The molecule has 0 unspecified atom stereocenters. The fourth-order valence-corrected chi connectivity index (χ4v) is 2.30. The van der Waals surface area contributed by atoms with Crippen LogP contribution in [-0.2, 0) is 6.61 Å². The Labute approximate surface area is 120 Å². The first-order valence-corrected chi connectivity index (χ1v) is 6.88. The largest absolute Gasteiger partial charge is 0.488 e. The van der Waals surface area contributed by atoms with Crippen molar-refractivity contribution in [2.75, 3.05) is 13.2 Å². The molecule has 0 aromatic heterocycles. The van der Waals surface area contributed by atoms with Gasteiger partial charge in [0.25, 0.3) is 0 Å². The van der Waals surface area contributed by atoms with E-state index in [-0.39, 0.29) is 0 Å². The Bertz CT molecular complexity index is 583. The maximum absolute atomic E-state index is 5.77. The van der Waals surface area contributed by atoms with Crippen LogP contribution in [0.3, 0.4) is 0 Å². The molecule has 0 spiro atoms. The van der Waals surface area contributed by atoms with E-state index in [9.17, 15) is 0 Å². The van der Waals surface area contributed by atoms with Gasteiger partial charge in [-0.3, -0.25) is 0 Å². The molecular weight excluding hydrogens is 308 g/mol. The molecule has 0 radical (unpaired) electrons. The third kappa shape index (κ3) is 2.84. The van der Waals surface area contributed by atoms with Gasteiger partial charge in [0.1, 0.15) is 25.6 Å². The Balaban J connectivity index is 1.72. The van der Waals surface area contributed by atoms with Gasteiger partial charge >= 0.3 is 0 Å². The van der Waals surface area contributed by atoms with E-state index >= 15 is 0 Å². The van der Waals surface area contributed by atoms with E-state index in [1.165, 1.54) is 0 Å². The minimum absolute atomic E-state index is 0.499. The average Bonchev–Trinajstić information content (AvgIpc) is 2.46. The number of rotatable bonds is 3. The van der Waals surface area contributed by atoms with Crippen molar-refractivity contribution in [3.05, 3.63) is 52.5 Å². The Morgan fingerprint density at radius 2 is 1.79 bits per heavy atom. The monoisotopic (exact) mass is 320 g/mol. The summed E-state index contributed by atoms with van der Waals surface area (Å²) in [6.07, 6.45) is 0. The molecule has 2 aromatic rings. The van der Waals surface area contributed by atoms with Crippen molar-refractivity contribution in [3.8, 4) is 17.2 Å². The molecule has 0 atom stereocenters. The van der Waals surface area contributed by atoms with Crippen LogP contribution in [0.2, 0.25) is 0 Å². The van der Waals surface area contributed by atoms with Crippen molar-refractivity contribution in [2.45, 2.75) is 6.61 Å². The number of hydrogen-bond acceptors (Lipinski definition) is 3. The van der Waals surface area contributed by atoms with Gasteiger partial charge in [-0.05, 0) is 45.8 Å². The summed E-state index contributed by atoms with van der Waals surface area (Å²) >= 11 is 3.46. The summed E-state index contributed by atoms with van der Waals surface area (Å²) in [6, 6.07) is 13.7. The van der Waals surface area contributed by atoms with Gasteiger partial charge < -0.3 is 14.2 Å². The number of fused-ring (bicyclic) bond motifs is 1. The smallest absolute Gasteiger partial charge is 0.161 e. The predicted molar refractivity (Wildman–Crippen MR) is 75.9 cm³/mol. The molecule has 0 saturated heterocycles. The van der Waals surface area contributed by atoms with Gasteiger partial charge in [0.2, 0.25) is 0 Å². The maximum atomic E-state index is 5.77. The highest BCUT2D eigenvalue weighted by molar-refractivity contribution is 9.10. The third-order valence-corrected chi connectivity index (χ3v) is 3.49. The molecule has 0 bridgehead atoms. The van der Waals surface area contributed by atoms with Crippen molar-refractivity contribution in [1.29, 1.82) is 0 Å². The molecule has 0 fully saturated rings. The second kappa shape index (κ2) is 5.53. The van der Waals surface area contributed by atoms with Crippen LogP contribution < -0.4 is 14.2 Å². The predicted octanol–water partition coefficient (Wildman–Crippen LogP) is 3.80. The van der Waals surface area contributed by atoms with Crippen LogP contribution >= 0.6 is 15.9 Å². The summed E-state index contributed by atoms with van der Waals surface area (Å²) in [5.41, 5.74) is 1.06. The normalized spacial score (nSPS) is 13.1. The van der Waals surface area contributed by atoms with Crippen LogP contribution in [0.25, 0.3) is 0 Å². The number of hydrogen-bond donors (Lipinski definition) is 0. The lowest BCUT2D eigenvalue weighted by Gasteiger charge is -2.19. The quantitative estimate of drug-likeness (QED) is 0.861. The molecular formula is C15H13BrO3. The summed E-state index contributed by atoms with van der Waals surface area (Å²) < 4.78 is 17.8. The topological polar surface area (TPSA) is 27.7 Å². The summed E-state index contributed by atoms with van der Waals surface area (Å²) in [5.74, 6) is 2.42. The van der Waals surface area contributed by atoms with Crippen LogP contribution in [-0.4, -0.2) is 13.2 Å². The van der Waals surface area contributed by atoms with Crippen LogP contribution in [0.4, 0.5) is 0 Å². The molecule has 3 nitrogen and oxygen atoms in total. The van der Waals surface area contributed by atoms with Crippen LogP contribution in [0, 0.1) is 0 Å². The summed E-state index contributed by atoms with van der Waals surface area (Å²) in [4.78, 5) is 0. The minimum atomic E-state index is 0.499. The molecule has 4 heteroatoms. The van der Waals surface area contributed by atoms with E-state index in [0.29, 0.717) is 19.8 Å². The molecule has 1 aliphatic rings. The first-order chi connectivity index (χ1) is 9.33. The molecule has 98 valence electrons. The molecule has 0 amide bonds. The number of para-hydroxylation sites is 1. The average molecular weight is 321 g/mol. The van der Waals surface area contributed by atoms with E-state index in [0.717, 1.165) is 27.3 Å². The zero-order valence-corrected chi connectivity index (χ0v) is 11.9. The number of halogens is 1. The highest BCUT2D eigenvalue weighted by Crippen LogP contribution is 2.31. The van der Waals surface area contributed by atoms with Gasteiger partial charge in [-0.2, -0.15) is 0 Å². The molecule has 2 aromatic carbocycles. The van der Waals surface area contributed by atoms with Crippen molar-refractivity contribution in [1.82, 2.24) is 0 Å². The van der Waals surface area contributed by atoms with Crippen LogP contribution in [0.1, 0.15) is 5.56 Å². The van der Waals surface area contributed by atoms with Gasteiger partial charge in [-0.15, -0.1) is 0 Å². The van der Waals surface area contributed by atoms with Gasteiger partial charge in [0.15, 0.2) is 11.5 Å². The molecule has 0 aliphatic carbocycles. The lowest BCUT2D eigenvalue weighted by Crippen LogP contribution is -2.15. The lowest BCUT2D eigenvalue weighted by atomic mass is 10.2. The number of benzene rings is 2. The zero-order chi connectivity index (χ0) is 13.1. The summed E-state index contributed by atoms with van der Waals surface area (Å²) in [6.45, 7) is 1.71. The lowest BCUT2D eigenvalue weighted by molar-refractivity contribution is 0.171. The summed E-state index contributed by atoms with van der Waals surface area (Å²) in [5, 5.41) is 0. The standard InChI is InChI=1S/C15H13BrO3/c16-12-3-1-2-4-13(12)19-10-11-5-6-14-15(9-11)18-8-7-17-14/h1-6,9H,7-8,10H2. The first-order valence-electron chi connectivity index (χ1n) is 6.09. The van der Waals surface area contributed by atoms with Crippen LogP contribution in [0.15, 0.2) is 46.9 Å². The van der Waals surface area contributed by atoms with E-state index in [4.69, 9.17) is 14.2 Å². The van der Waals surface area contributed by atoms with Crippen molar-refractivity contribution in [2.24, 2.45) is 0 Å². The molecule has 0 saturated carbocycles. The highest BCUT2D eigenvalue weighted by atomic mass is 79.9. The second-order valence-corrected chi connectivity index (χ2v) is 5.05. The molecule has 1 heterocycles.